The van der Waals surface area contributed by atoms with E-state index in [1.165, 1.54) is 38.4 Å². The summed E-state index contributed by atoms with van der Waals surface area (Å²) in [5, 5.41) is 20.2. The quantitative estimate of drug-likeness (QED) is 0.473. The normalized spacial score (nSPS) is 11.5. The van der Waals surface area contributed by atoms with E-state index in [4.69, 9.17) is 8.83 Å². The zero-order valence-corrected chi connectivity index (χ0v) is 15.3. The summed E-state index contributed by atoms with van der Waals surface area (Å²) >= 11 is 0. The summed E-state index contributed by atoms with van der Waals surface area (Å²) in [6.45, 7) is 0. The molecule has 146 valence electrons. The first-order valence-electron chi connectivity index (χ1n) is 7.60. The van der Waals surface area contributed by atoms with Gasteiger partial charge in [0.05, 0.1) is 11.0 Å². The van der Waals surface area contributed by atoms with Crippen LogP contribution in [0, 0.1) is 10.1 Å². The van der Waals surface area contributed by atoms with Crippen LogP contribution in [0.2, 0.25) is 0 Å². The lowest BCUT2D eigenvalue weighted by Crippen LogP contribution is -2.22. The van der Waals surface area contributed by atoms with Crippen LogP contribution in [-0.4, -0.2) is 47.8 Å². The molecule has 0 aliphatic heterocycles. The number of amides is 1. The van der Waals surface area contributed by atoms with Crippen LogP contribution < -0.4 is 5.32 Å². The Morgan fingerprint density at radius 3 is 2.36 bits per heavy atom. The molecule has 0 radical (unpaired) electrons. The van der Waals surface area contributed by atoms with Crippen molar-refractivity contribution >= 4 is 27.8 Å². The van der Waals surface area contributed by atoms with Crippen molar-refractivity contribution in [3.8, 4) is 11.5 Å². The van der Waals surface area contributed by atoms with Crippen LogP contribution in [-0.2, 0) is 10.0 Å². The third-order valence-electron chi connectivity index (χ3n) is 3.52. The lowest BCUT2D eigenvalue weighted by molar-refractivity contribution is -0.402. The number of anilines is 1. The van der Waals surface area contributed by atoms with Gasteiger partial charge >= 0.3 is 11.9 Å². The molecule has 13 heteroatoms. The second kappa shape index (κ2) is 7.21. The summed E-state index contributed by atoms with van der Waals surface area (Å²) in [4.78, 5) is 21.9. The topological polar surface area (TPSA) is 162 Å². The van der Waals surface area contributed by atoms with Gasteiger partial charge in [-0.15, -0.1) is 5.10 Å². The smallest absolute Gasteiger partial charge is 0.403 e. The molecule has 0 bridgehead atoms. The van der Waals surface area contributed by atoms with Crippen LogP contribution in [0.5, 0.6) is 0 Å². The summed E-state index contributed by atoms with van der Waals surface area (Å²) < 4.78 is 35.3. The molecule has 0 aliphatic carbocycles. The molecule has 2 heterocycles. The van der Waals surface area contributed by atoms with Gasteiger partial charge in [-0.1, -0.05) is 5.10 Å². The molecule has 3 rings (SSSR count). The average Bonchev–Trinajstić information content (AvgIpc) is 3.31. The highest BCUT2D eigenvalue weighted by Gasteiger charge is 2.20. The van der Waals surface area contributed by atoms with Gasteiger partial charge in [0.15, 0.2) is 5.76 Å². The first-order valence-corrected chi connectivity index (χ1v) is 9.04. The van der Waals surface area contributed by atoms with E-state index in [2.05, 4.69) is 15.5 Å². The first-order chi connectivity index (χ1) is 13.2. The number of nitrogens with zero attached hydrogens (tertiary/aromatic N) is 4. The maximum absolute atomic E-state index is 12.1. The molecule has 1 aromatic carbocycles. The fourth-order valence-corrected chi connectivity index (χ4v) is 2.98. The van der Waals surface area contributed by atoms with Crippen LogP contribution in [0.15, 0.2) is 50.1 Å². The Bertz CT molecular complexity index is 1130. The van der Waals surface area contributed by atoms with E-state index in [-0.39, 0.29) is 22.6 Å². The molecule has 0 saturated heterocycles. The monoisotopic (exact) mass is 407 g/mol. The number of nitro groups is 1. The van der Waals surface area contributed by atoms with Gasteiger partial charge in [0.1, 0.15) is 4.92 Å². The molecule has 0 unspecified atom stereocenters. The number of sulfonamides is 1. The van der Waals surface area contributed by atoms with E-state index in [0.29, 0.717) is 5.56 Å². The maximum Gasteiger partial charge on any atom is 0.433 e. The highest BCUT2D eigenvalue weighted by molar-refractivity contribution is 7.89. The van der Waals surface area contributed by atoms with E-state index in [1.54, 1.807) is 0 Å². The van der Waals surface area contributed by atoms with Gasteiger partial charge in [0.25, 0.3) is 5.91 Å². The molecule has 0 aliphatic rings. The van der Waals surface area contributed by atoms with Crippen molar-refractivity contribution in [3.05, 3.63) is 52.3 Å². The lowest BCUT2D eigenvalue weighted by Gasteiger charge is -2.11. The average molecular weight is 407 g/mol. The largest absolute Gasteiger partial charge is 0.433 e. The highest BCUT2D eigenvalue weighted by Crippen LogP contribution is 2.23. The van der Waals surface area contributed by atoms with Gasteiger partial charge in [-0.25, -0.2) is 12.7 Å². The Kier molecular flexibility index (Phi) is 4.94. The number of benzene rings is 1. The van der Waals surface area contributed by atoms with Crippen molar-refractivity contribution < 1.29 is 27.0 Å². The van der Waals surface area contributed by atoms with Gasteiger partial charge in [-0.3, -0.25) is 20.2 Å². The fourth-order valence-electron chi connectivity index (χ4n) is 2.08. The second-order valence-electron chi connectivity index (χ2n) is 5.57. The molecule has 0 fully saturated rings. The Labute approximate surface area is 158 Å². The summed E-state index contributed by atoms with van der Waals surface area (Å²) in [5.74, 6) is -1.65. The van der Waals surface area contributed by atoms with Crippen LogP contribution >= 0.6 is 0 Å². The molecule has 0 atom stereocenters. The Morgan fingerprint density at radius 2 is 1.79 bits per heavy atom. The predicted molar refractivity (Wildman–Crippen MR) is 93.9 cm³/mol. The van der Waals surface area contributed by atoms with Crippen molar-refractivity contribution in [3.63, 3.8) is 0 Å². The number of nitrogens with one attached hydrogen (secondary N) is 1. The van der Waals surface area contributed by atoms with Crippen LogP contribution in [0.25, 0.3) is 11.5 Å². The summed E-state index contributed by atoms with van der Waals surface area (Å²) in [6.07, 6.45) is 0. The predicted octanol–water partition coefficient (Wildman–Crippen LogP) is 1.74. The third-order valence-corrected chi connectivity index (χ3v) is 5.35. The summed E-state index contributed by atoms with van der Waals surface area (Å²) in [5.41, 5.74) is 0.430. The van der Waals surface area contributed by atoms with E-state index < -0.39 is 26.7 Å². The second-order valence-corrected chi connectivity index (χ2v) is 7.73. The lowest BCUT2D eigenvalue weighted by atomic mass is 10.2. The number of aromatic nitrogens is 2. The van der Waals surface area contributed by atoms with Crippen molar-refractivity contribution in [2.24, 2.45) is 0 Å². The molecule has 0 saturated carbocycles. The zero-order chi connectivity index (χ0) is 20.5. The Balaban J connectivity index is 1.75. The van der Waals surface area contributed by atoms with E-state index in [1.807, 2.05) is 0 Å². The van der Waals surface area contributed by atoms with Crippen LogP contribution in [0.1, 0.15) is 10.6 Å². The van der Waals surface area contributed by atoms with Crippen molar-refractivity contribution in [1.82, 2.24) is 14.5 Å². The van der Waals surface area contributed by atoms with Gasteiger partial charge < -0.3 is 8.83 Å². The Hall–Kier alpha value is -3.58. The third kappa shape index (κ3) is 3.74. The van der Waals surface area contributed by atoms with Crippen molar-refractivity contribution in [1.29, 1.82) is 0 Å². The summed E-state index contributed by atoms with van der Waals surface area (Å²) in [6, 6.07) is 7.64. The van der Waals surface area contributed by atoms with Gasteiger partial charge in [0.2, 0.25) is 15.9 Å². The standard InChI is InChI=1S/C15H13N5O7S/c1-19(2)28(24,25)10-5-3-9(4-6-10)14-17-18-15(27-14)16-13(21)11-7-8-12(26-11)20(22)23/h3-8H,1-2H3,(H,16,18,21). The summed E-state index contributed by atoms with van der Waals surface area (Å²) in [7, 11) is -0.729. The molecular weight excluding hydrogens is 394 g/mol. The minimum Gasteiger partial charge on any atom is -0.403 e. The number of rotatable bonds is 6. The minimum absolute atomic E-state index is 0.0366. The zero-order valence-electron chi connectivity index (χ0n) is 14.5. The molecule has 12 nitrogen and oxygen atoms in total. The van der Waals surface area contributed by atoms with Gasteiger partial charge in [-0.05, 0) is 30.3 Å². The molecule has 0 spiro atoms. The number of hydrogen-bond acceptors (Lipinski definition) is 9. The number of hydrogen-bond donors (Lipinski definition) is 1. The maximum atomic E-state index is 12.1. The van der Waals surface area contributed by atoms with Gasteiger partial charge in [-0.2, -0.15) is 0 Å². The molecule has 28 heavy (non-hydrogen) atoms. The SMILES string of the molecule is CN(C)S(=O)(=O)c1ccc(-c2nnc(NC(=O)c3ccc([N+](=O)[O-])o3)o2)cc1. The van der Waals surface area contributed by atoms with E-state index >= 15 is 0 Å². The number of carbonyl (C=O) groups is 1. The van der Waals surface area contributed by atoms with E-state index in [0.717, 1.165) is 16.4 Å². The molecule has 1 amide bonds. The molecule has 3 aromatic rings. The Morgan fingerprint density at radius 1 is 1.11 bits per heavy atom. The van der Waals surface area contributed by atoms with Crippen molar-refractivity contribution in [2.45, 2.75) is 4.90 Å². The van der Waals surface area contributed by atoms with E-state index in [9.17, 15) is 23.3 Å². The van der Waals surface area contributed by atoms with Crippen molar-refractivity contribution in [2.75, 3.05) is 19.4 Å². The molecular formula is C15H13N5O7S. The first kappa shape index (κ1) is 19.2. The molecule has 2 aromatic heterocycles. The minimum atomic E-state index is -3.57. The van der Waals surface area contributed by atoms with Gasteiger partial charge in [0, 0.05) is 19.7 Å². The number of furan rings is 1. The number of carbonyl (C=O) groups excluding carboxylic acids is 1. The fraction of sp³-hybridized carbons (Fsp3) is 0.133. The van der Waals surface area contributed by atoms with Crippen LogP contribution in [0.3, 0.4) is 0 Å². The highest BCUT2D eigenvalue weighted by atomic mass is 32.2. The van der Waals surface area contributed by atoms with Crippen LogP contribution in [0.4, 0.5) is 11.9 Å². The molecule has 1 N–H and O–H groups in total.